The van der Waals surface area contributed by atoms with Gasteiger partial charge < -0.3 is 16.4 Å². The van der Waals surface area contributed by atoms with E-state index in [-0.39, 0.29) is 5.95 Å². The Balaban J connectivity index is 2.01. The third-order valence-corrected chi connectivity index (χ3v) is 4.32. The Morgan fingerprint density at radius 2 is 1.83 bits per heavy atom. The molecule has 0 atom stereocenters. The molecule has 1 aromatic carbocycles. The summed E-state index contributed by atoms with van der Waals surface area (Å²) in [7, 11) is 2.08. The molecular formula is C18H22N6. The molecule has 24 heavy (non-hydrogen) atoms. The summed E-state index contributed by atoms with van der Waals surface area (Å²) in [5.41, 5.74) is 18.0. The highest BCUT2D eigenvalue weighted by atomic mass is 15.1. The van der Waals surface area contributed by atoms with Crippen molar-refractivity contribution < 1.29 is 0 Å². The summed E-state index contributed by atoms with van der Waals surface area (Å²) in [6.45, 7) is 6.96. The van der Waals surface area contributed by atoms with Gasteiger partial charge in [0.2, 0.25) is 5.95 Å². The van der Waals surface area contributed by atoms with Crippen molar-refractivity contribution >= 4 is 28.5 Å². The number of pyridine rings is 1. The van der Waals surface area contributed by atoms with Crippen LogP contribution in [0.25, 0.3) is 11.0 Å². The molecule has 6 nitrogen and oxygen atoms in total. The maximum absolute atomic E-state index is 6.03. The molecule has 0 aliphatic carbocycles. The molecule has 0 saturated carbocycles. The minimum absolute atomic E-state index is 0.146. The van der Waals surface area contributed by atoms with Crippen LogP contribution in [0.15, 0.2) is 24.4 Å². The largest absolute Gasteiger partial charge is 0.383 e. The summed E-state index contributed by atoms with van der Waals surface area (Å²) in [5.74, 6) is 0.519. The first-order valence-corrected chi connectivity index (χ1v) is 7.82. The van der Waals surface area contributed by atoms with Crippen molar-refractivity contribution in [3.63, 3.8) is 0 Å². The summed E-state index contributed by atoms with van der Waals surface area (Å²) in [4.78, 5) is 14.8. The lowest BCUT2D eigenvalue weighted by Gasteiger charge is -2.23. The van der Waals surface area contributed by atoms with Crippen LogP contribution in [0.1, 0.15) is 22.3 Å². The predicted octanol–water partition coefficient (Wildman–Crippen LogP) is 2.75. The Labute approximate surface area is 141 Å². The number of rotatable bonds is 3. The zero-order valence-electron chi connectivity index (χ0n) is 14.5. The van der Waals surface area contributed by atoms with Crippen molar-refractivity contribution in [3.8, 4) is 0 Å². The summed E-state index contributed by atoms with van der Waals surface area (Å²) in [6, 6.07) is 6.45. The molecule has 124 valence electrons. The minimum Gasteiger partial charge on any atom is -0.383 e. The van der Waals surface area contributed by atoms with Crippen molar-refractivity contribution in [1.29, 1.82) is 0 Å². The van der Waals surface area contributed by atoms with Gasteiger partial charge in [0.1, 0.15) is 5.82 Å². The third kappa shape index (κ3) is 2.82. The van der Waals surface area contributed by atoms with Crippen molar-refractivity contribution in [2.45, 2.75) is 27.3 Å². The molecule has 3 aromatic rings. The molecule has 2 heterocycles. The maximum atomic E-state index is 6.03. The normalized spacial score (nSPS) is 11.0. The van der Waals surface area contributed by atoms with Crippen molar-refractivity contribution in [3.05, 3.63) is 46.6 Å². The number of nitrogen functional groups attached to an aromatic ring is 2. The lowest BCUT2D eigenvalue weighted by molar-refractivity contribution is 0.903. The second kappa shape index (κ2) is 5.96. The average molecular weight is 322 g/mol. The summed E-state index contributed by atoms with van der Waals surface area (Å²) in [6.07, 6.45) is 1.84. The van der Waals surface area contributed by atoms with Gasteiger partial charge in [-0.1, -0.05) is 12.1 Å². The maximum Gasteiger partial charge on any atom is 0.224 e. The van der Waals surface area contributed by atoms with E-state index in [4.69, 9.17) is 11.5 Å². The topological polar surface area (TPSA) is 94.0 Å². The van der Waals surface area contributed by atoms with Gasteiger partial charge in [-0.2, -0.15) is 9.97 Å². The molecule has 0 amide bonds. The van der Waals surface area contributed by atoms with Crippen molar-refractivity contribution in [1.82, 2.24) is 15.0 Å². The molecule has 0 unspecified atom stereocenters. The molecule has 0 saturated heterocycles. The van der Waals surface area contributed by atoms with Gasteiger partial charge >= 0.3 is 0 Å². The molecule has 6 heteroatoms. The van der Waals surface area contributed by atoms with E-state index in [1.54, 1.807) is 0 Å². The van der Waals surface area contributed by atoms with Crippen LogP contribution >= 0.6 is 0 Å². The number of hydrogen-bond acceptors (Lipinski definition) is 6. The Kier molecular flexibility index (Phi) is 3.97. The number of hydrogen-bond donors (Lipinski definition) is 2. The Bertz CT molecular complexity index is 919. The number of anilines is 3. The van der Waals surface area contributed by atoms with E-state index in [9.17, 15) is 0 Å². The number of nitrogens with two attached hydrogens (primary N) is 2. The van der Waals surface area contributed by atoms with Gasteiger partial charge in [-0.25, -0.2) is 4.98 Å². The fourth-order valence-electron chi connectivity index (χ4n) is 2.96. The summed E-state index contributed by atoms with van der Waals surface area (Å²) >= 11 is 0. The van der Waals surface area contributed by atoms with E-state index in [0.717, 1.165) is 23.1 Å². The van der Waals surface area contributed by atoms with Crippen LogP contribution in [0.2, 0.25) is 0 Å². The molecule has 2 aromatic heterocycles. The first-order valence-electron chi connectivity index (χ1n) is 7.82. The number of fused-ring (bicyclic) bond motifs is 1. The Hall–Kier alpha value is -2.89. The highest BCUT2D eigenvalue weighted by Crippen LogP contribution is 2.27. The standard InChI is InChI=1S/C18H22N6/c1-10-5-6-11(2)14(7-10)24(4)9-13-8-21-17-15(12(13)3)16(19)22-18(20)23-17/h5-8H,9H2,1-4H3,(H4,19,20,21,22,23). The highest BCUT2D eigenvalue weighted by Gasteiger charge is 2.13. The number of benzene rings is 1. The third-order valence-electron chi connectivity index (χ3n) is 4.32. The van der Waals surface area contributed by atoms with Gasteiger partial charge in [0.15, 0.2) is 5.65 Å². The van der Waals surface area contributed by atoms with Gasteiger partial charge in [0.05, 0.1) is 5.39 Å². The fraction of sp³-hybridized carbons (Fsp3) is 0.278. The van der Waals surface area contributed by atoms with E-state index in [2.05, 4.69) is 58.9 Å². The summed E-state index contributed by atoms with van der Waals surface area (Å²) < 4.78 is 0. The first kappa shape index (κ1) is 16.0. The van der Waals surface area contributed by atoms with Gasteiger partial charge in [-0.05, 0) is 49.1 Å². The van der Waals surface area contributed by atoms with E-state index < -0.39 is 0 Å². The van der Waals surface area contributed by atoms with Crippen LogP contribution in [0.5, 0.6) is 0 Å². The first-order chi connectivity index (χ1) is 11.4. The van der Waals surface area contributed by atoms with Crippen molar-refractivity contribution in [2.24, 2.45) is 0 Å². The molecule has 0 aliphatic heterocycles. The highest BCUT2D eigenvalue weighted by molar-refractivity contribution is 5.90. The van der Waals surface area contributed by atoms with Crippen LogP contribution in [-0.2, 0) is 6.54 Å². The lowest BCUT2D eigenvalue weighted by Crippen LogP contribution is -2.18. The average Bonchev–Trinajstić information content (AvgIpc) is 2.51. The molecule has 0 bridgehead atoms. The van der Waals surface area contributed by atoms with E-state index in [1.807, 2.05) is 13.1 Å². The van der Waals surface area contributed by atoms with Crippen LogP contribution in [0.4, 0.5) is 17.5 Å². The quantitative estimate of drug-likeness (QED) is 0.770. The lowest BCUT2D eigenvalue weighted by atomic mass is 10.1. The summed E-state index contributed by atoms with van der Waals surface area (Å²) in [5, 5.41) is 0.774. The van der Waals surface area contributed by atoms with E-state index in [0.29, 0.717) is 11.5 Å². The smallest absolute Gasteiger partial charge is 0.224 e. The van der Waals surface area contributed by atoms with E-state index in [1.165, 1.54) is 16.8 Å². The van der Waals surface area contributed by atoms with Crippen LogP contribution in [-0.4, -0.2) is 22.0 Å². The van der Waals surface area contributed by atoms with Crippen LogP contribution in [0.3, 0.4) is 0 Å². The number of nitrogens with zero attached hydrogens (tertiary/aromatic N) is 4. The van der Waals surface area contributed by atoms with Crippen LogP contribution in [0, 0.1) is 20.8 Å². The molecule has 4 N–H and O–H groups in total. The minimum atomic E-state index is 0.146. The van der Waals surface area contributed by atoms with E-state index >= 15 is 0 Å². The van der Waals surface area contributed by atoms with Gasteiger partial charge in [0, 0.05) is 25.5 Å². The molecular weight excluding hydrogens is 300 g/mol. The predicted molar refractivity (Wildman–Crippen MR) is 98.9 cm³/mol. The van der Waals surface area contributed by atoms with Gasteiger partial charge in [-0.15, -0.1) is 0 Å². The van der Waals surface area contributed by atoms with Gasteiger partial charge in [0.25, 0.3) is 0 Å². The molecule has 0 radical (unpaired) electrons. The SMILES string of the molecule is Cc1ccc(C)c(N(C)Cc2cnc3nc(N)nc(N)c3c2C)c1. The second-order valence-electron chi connectivity index (χ2n) is 6.22. The zero-order valence-corrected chi connectivity index (χ0v) is 14.5. The molecule has 3 rings (SSSR count). The molecule has 0 aliphatic rings. The van der Waals surface area contributed by atoms with Crippen molar-refractivity contribution in [2.75, 3.05) is 23.4 Å². The fourth-order valence-corrected chi connectivity index (χ4v) is 2.96. The van der Waals surface area contributed by atoms with Gasteiger partial charge in [-0.3, -0.25) is 0 Å². The number of aryl methyl sites for hydroxylation is 3. The second-order valence-corrected chi connectivity index (χ2v) is 6.22. The molecule has 0 spiro atoms. The Morgan fingerprint density at radius 3 is 2.58 bits per heavy atom. The number of aromatic nitrogens is 3. The van der Waals surface area contributed by atoms with Crippen LogP contribution < -0.4 is 16.4 Å². The Morgan fingerprint density at radius 1 is 1.08 bits per heavy atom. The monoisotopic (exact) mass is 322 g/mol. The molecule has 0 fully saturated rings. The zero-order chi connectivity index (χ0) is 17.4.